The van der Waals surface area contributed by atoms with E-state index in [1.54, 1.807) is 0 Å². The third kappa shape index (κ3) is 2.28. The number of anilines is 2. The van der Waals surface area contributed by atoms with Crippen LogP contribution in [0.3, 0.4) is 0 Å². The Labute approximate surface area is 115 Å². The molecule has 4 nitrogen and oxygen atoms in total. The number of fused-ring (bicyclic) bond motifs is 1. The van der Waals surface area contributed by atoms with Crippen LogP contribution in [-0.2, 0) is 6.42 Å². The molecule has 1 saturated carbocycles. The number of nitrogens with zero attached hydrogens (tertiary/aromatic N) is 2. The van der Waals surface area contributed by atoms with Crippen molar-refractivity contribution in [1.82, 2.24) is 9.97 Å². The zero-order chi connectivity index (χ0) is 13.4. The maximum Gasteiger partial charge on any atom is 0.222 e. The molecule has 1 aromatic rings. The molecule has 1 heterocycles. The highest BCUT2D eigenvalue weighted by Crippen LogP contribution is 2.47. The molecule has 0 amide bonds. The van der Waals surface area contributed by atoms with E-state index in [-0.39, 0.29) is 0 Å². The van der Waals surface area contributed by atoms with E-state index in [0.717, 1.165) is 18.0 Å². The molecule has 19 heavy (non-hydrogen) atoms. The first-order valence-electron chi connectivity index (χ1n) is 7.58. The van der Waals surface area contributed by atoms with Gasteiger partial charge in [0.25, 0.3) is 0 Å². The van der Waals surface area contributed by atoms with Crippen molar-refractivity contribution in [2.24, 2.45) is 11.8 Å². The molecule has 1 fully saturated rings. The molecule has 4 heteroatoms. The molecule has 2 atom stereocenters. The minimum atomic E-state index is 0.327. The maximum absolute atomic E-state index is 6.17. The molecule has 2 unspecified atom stereocenters. The molecule has 0 radical (unpaired) electrons. The zero-order valence-corrected chi connectivity index (χ0v) is 11.7. The van der Waals surface area contributed by atoms with Crippen LogP contribution in [0.5, 0.6) is 0 Å². The Hall–Kier alpha value is -1.32. The third-order valence-corrected chi connectivity index (χ3v) is 5.01. The Morgan fingerprint density at radius 2 is 1.74 bits per heavy atom. The third-order valence-electron chi connectivity index (χ3n) is 5.01. The first-order chi connectivity index (χ1) is 9.16. The topological polar surface area (TPSA) is 77.8 Å². The summed E-state index contributed by atoms with van der Waals surface area (Å²) in [6.45, 7) is 2.36. The molecule has 0 bridgehead atoms. The Kier molecular flexibility index (Phi) is 3.33. The van der Waals surface area contributed by atoms with Crippen molar-refractivity contribution in [2.45, 2.75) is 57.8 Å². The van der Waals surface area contributed by atoms with Gasteiger partial charge in [0, 0.05) is 5.56 Å². The molecule has 0 saturated heterocycles. The van der Waals surface area contributed by atoms with Crippen LogP contribution in [0.15, 0.2) is 0 Å². The predicted octanol–water partition coefficient (Wildman–Crippen LogP) is 2.89. The second-order valence-electron chi connectivity index (χ2n) is 6.27. The highest BCUT2D eigenvalue weighted by Gasteiger charge is 2.36. The van der Waals surface area contributed by atoms with Crippen LogP contribution < -0.4 is 11.5 Å². The van der Waals surface area contributed by atoms with Crippen LogP contribution >= 0.6 is 0 Å². The first kappa shape index (κ1) is 12.7. The van der Waals surface area contributed by atoms with Gasteiger partial charge in [-0.2, -0.15) is 4.98 Å². The smallest absolute Gasteiger partial charge is 0.222 e. The summed E-state index contributed by atoms with van der Waals surface area (Å²) in [5, 5.41) is 0. The second kappa shape index (κ2) is 4.99. The van der Waals surface area contributed by atoms with Gasteiger partial charge in [0.1, 0.15) is 5.82 Å². The highest BCUT2D eigenvalue weighted by molar-refractivity contribution is 5.49. The standard InChI is InChI=1S/C15H24N4/c1-9-7-8-11-13(14(16)19-15(17)18-11)12(9)10-5-3-2-4-6-10/h9-10,12H,2-8H2,1H3,(H4,16,17,18,19). The SMILES string of the molecule is CC1CCc2nc(N)nc(N)c2C1C1CCCCC1. The van der Waals surface area contributed by atoms with E-state index in [2.05, 4.69) is 16.9 Å². The van der Waals surface area contributed by atoms with Gasteiger partial charge in [0.05, 0.1) is 5.69 Å². The number of rotatable bonds is 1. The lowest BCUT2D eigenvalue weighted by Gasteiger charge is -2.38. The molecule has 0 spiro atoms. The van der Waals surface area contributed by atoms with Crippen molar-refractivity contribution in [3.05, 3.63) is 11.3 Å². The molecule has 1 aromatic heterocycles. The monoisotopic (exact) mass is 260 g/mol. The van der Waals surface area contributed by atoms with Crippen molar-refractivity contribution < 1.29 is 0 Å². The van der Waals surface area contributed by atoms with Gasteiger partial charge in [-0.05, 0) is 43.4 Å². The van der Waals surface area contributed by atoms with Crippen LogP contribution in [0.1, 0.15) is 62.6 Å². The van der Waals surface area contributed by atoms with Gasteiger partial charge in [0.15, 0.2) is 0 Å². The van der Waals surface area contributed by atoms with E-state index in [0.29, 0.717) is 23.6 Å². The lowest BCUT2D eigenvalue weighted by molar-refractivity contribution is 0.233. The number of hydrogen-bond acceptors (Lipinski definition) is 4. The summed E-state index contributed by atoms with van der Waals surface area (Å²) in [7, 11) is 0. The second-order valence-corrected chi connectivity index (χ2v) is 6.27. The lowest BCUT2D eigenvalue weighted by Crippen LogP contribution is -2.29. The summed E-state index contributed by atoms with van der Waals surface area (Å²) in [4.78, 5) is 8.65. The summed E-state index contributed by atoms with van der Waals surface area (Å²) in [6, 6.07) is 0. The molecular weight excluding hydrogens is 236 g/mol. The van der Waals surface area contributed by atoms with Gasteiger partial charge in [0.2, 0.25) is 5.95 Å². The number of hydrogen-bond donors (Lipinski definition) is 2. The fourth-order valence-corrected chi connectivity index (χ4v) is 4.13. The summed E-state index contributed by atoms with van der Waals surface area (Å²) in [6.07, 6.45) is 8.97. The molecule has 0 aromatic carbocycles. The molecule has 0 aliphatic heterocycles. The van der Waals surface area contributed by atoms with Crippen molar-refractivity contribution in [2.75, 3.05) is 11.5 Å². The number of nitrogen functional groups attached to an aromatic ring is 2. The van der Waals surface area contributed by atoms with E-state index in [1.807, 2.05) is 0 Å². The highest BCUT2D eigenvalue weighted by atomic mass is 15.0. The van der Waals surface area contributed by atoms with Crippen LogP contribution in [0.25, 0.3) is 0 Å². The Bertz CT molecular complexity index is 465. The van der Waals surface area contributed by atoms with Crippen molar-refractivity contribution in [3.8, 4) is 0 Å². The van der Waals surface area contributed by atoms with Gasteiger partial charge in [-0.1, -0.05) is 26.2 Å². The average Bonchev–Trinajstić information content (AvgIpc) is 2.40. The van der Waals surface area contributed by atoms with Crippen LogP contribution in [0, 0.1) is 11.8 Å². The number of aromatic nitrogens is 2. The minimum Gasteiger partial charge on any atom is -0.383 e. The predicted molar refractivity (Wildman–Crippen MR) is 77.7 cm³/mol. The molecular formula is C15H24N4. The molecule has 3 rings (SSSR count). The van der Waals surface area contributed by atoms with Crippen LogP contribution in [-0.4, -0.2) is 9.97 Å². The quantitative estimate of drug-likeness (QED) is 0.814. The first-order valence-corrected chi connectivity index (χ1v) is 7.58. The summed E-state index contributed by atoms with van der Waals surface area (Å²) in [5.41, 5.74) is 14.2. The Morgan fingerprint density at radius 3 is 2.47 bits per heavy atom. The Morgan fingerprint density at radius 1 is 1.00 bits per heavy atom. The van der Waals surface area contributed by atoms with Crippen molar-refractivity contribution >= 4 is 11.8 Å². The van der Waals surface area contributed by atoms with E-state index < -0.39 is 0 Å². The fourth-order valence-electron chi connectivity index (χ4n) is 4.13. The van der Waals surface area contributed by atoms with Gasteiger partial charge in [-0.3, -0.25) is 0 Å². The molecule has 4 N–H and O–H groups in total. The fraction of sp³-hybridized carbons (Fsp3) is 0.733. The minimum absolute atomic E-state index is 0.327. The maximum atomic E-state index is 6.17. The summed E-state index contributed by atoms with van der Waals surface area (Å²) in [5.74, 6) is 2.95. The summed E-state index contributed by atoms with van der Waals surface area (Å²) >= 11 is 0. The Balaban J connectivity index is 2.00. The normalized spacial score (nSPS) is 28.1. The molecule has 2 aliphatic rings. The van der Waals surface area contributed by atoms with Crippen LogP contribution in [0.4, 0.5) is 11.8 Å². The summed E-state index contributed by atoms with van der Waals surface area (Å²) < 4.78 is 0. The lowest BCUT2D eigenvalue weighted by atomic mass is 9.67. The largest absolute Gasteiger partial charge is 0.383 e. The molecule has 2 aliphatic carbocycles. The van der Waals surface area contributed by atoms with Crippen LogP contribution in [0.2, 0.25) is 0 Å². The van der Waals surface area contributed by atoms with E-state index in [4.69, 9.17) is 11.5 Å². The number of aryl methyl sites for hydroxylation is 1. The van der Waals surface area contributed by atoms with E-state index >= 15 is 0 Å². The van der Waals surface area contributed by atoms with Crippen molar-refractivity contribution in [1.29, 1.82) is 0 Å². The zero-order valence-electron chi connectivity index (χ0n) is 11.7. The van der Waals surface area contributed by atoms with Gasteiger partial charge in [-0.15, -0.1) is 0 Å². The van der Waals surface area contributed by atoms with Gasteiger partial charge < -0.3 is 11.5 Å². The van der Waals surface area contributed by atoms with Crippen molar-refractivity contribution in [3.63, 3.8) is 0 Å². The van der Waals surface area contributed by atoms with Gasteiger partial charge >= 0.3 is 0 Å². The average molecular weight is 260 g/mol. The van der Waals surface area contributed by atoms with E-state index in [9.17, 15) is 0 Å². The van der Waals surface area contributed by atoms with Gasteiger partial charge in [-0.25, -0.2) is 4.98 Å². The van der Waals surface area contributed by atoms with E-state index in [1.165, 1.54) is 44.1 Å². The molecule has 104 valence electrons. The number of nitrogens with two attached hydrogens (primary N) is 2.